The molecule has 5 heterocycles. The van der Waals surface area contributed by atoms with E-state index in [1.54, 1.807) is 6.92 Å². The molecule has 0 aromatic carbocycles. The number of fused-ring (bicyclic) bond motifs is 16. The van der Waals surface area contributed by atoms with Gasteiger partial charge in [0, 0.05) is 47.3 Å². The van der Waals surface area contributed by atoms with Crippen LogP contribution < -0.4 is 0 Å². The highest BCUT2D eigenvalue weighted by Gasteiger charge is 2.78. The first kappa shape index (κ1) is 43.5. The van der Waals surface area contributed by atoms with Crippen molar-refractivity contribution in [2.75, 3.05) is 6.61 Å². The van der Waals surface area contributed by atoms with Crippen molar-refractivity contribution in [3.05, 3.63) is 34.4 Å². The van der Waals surface area contributed by atoms with E-state index in [-0.39, 0.29) is 64.3 Å². The summed E-state index contributed by atoms with van der Waals surface area (Å²) in [7, 11) is 0. The Labute approximate surface area is 386 Å². The zero-order chi connectivity index (χ0) is 45.6. The van der Waals surface area contributed by atoms with Gasteiger partial charge in [-0.25, -0.2) is 0 Å². The molecule has 13 rings (SSSR count). The Morgan fingerprint density at radius 3 is 2.00 bits per heavy atom. The number of ether oxygens (including phenoxy) is 4. The van der Waals surface area contributed by atoms with Crippen LogP contribution in [0.5, 0.6) is 0 Å². The molecule has 11 heteroatoms. The third kappa shape index (κ3) is 5.20. The summed E-state index contributed by atoms with van der Waals surface area (Å²) in [6.45, 7) is 19.9. The third-order valence-electron chi connectivity index (χ3n) is 23.7. The molecule has 5 N–H and O–H groups in total. The van der Waals surface area contributed by atoms with Crippen LogP contribution in [0.4, 0.5) is 0 Å². The molecule has 23 atom stereocenters. The monoisotopic (exact) mass is 899 g/mol. The van der Waals surface area contributed by atoms with Gasteiger partial charge in [-0.3, -0.25) is 9.97 Å². The standard InChI is InChI=1S/C54H78N2O9/c1-26-45-40(63-52(26)14-12-46(3,4)65-52)19-32-30-11-10-28-16-35-37(23-48(28,6)31(30)20-41(58)50(32,45)8)56-36-17-29-18-39(57)44-33(49(29,7)24-38(36)55-35)21-42(59)51(9)34(44)22-43-54(51,61)27(2)53(64-43)15-13-47(5,60)25-62-53/h22,26-33,39-45,57-61H,10-21,23-25H2,1-9H3/t26-,27+,28-,29+,30+,31-,32+,33-,39-,40-,41+,42+,43-,44+,45-,47+,48-,49-,50+,51+,52+,53-,54+/m0/s1. The summed E-state index contributed by atoms with van der Waals surface area (Å²) in [5.74, 6) is 0.428. The average Bonchev–Trinajstić information content (AvgIpc) is 3.94. The molecular weight excluding hydrogens is 821 g/mol. The normalized spacial score (nSPS) is 59.8. The van der Waals surface area contributed by atoms with Gasteiger partial charge < -0.3 is 44.5 Å². The molecule has 1 aromatic heterocycles. The SMILES string of the molecule is C[C@@H]1[C@]2(CC[C@@](C)(O)CO2)O[C@H]2C=C3[C@@H]4[C@@H](O)C[C@H]5Cc6nc7c(nc6C[C@]5(C)[C@H]4C[C@@H](O)[C@]3(C)[C@]21O)C[C@@H]1CC[C@H]2[C@H]3C[C@@H]4O[C@@]5(CCC(C)(C)O5)[C@@H](C)[C@@H]4[C@@]3(C)[C@H](O)C[C@@H]2[C@@]1(C)C7. The molecule has 0 radical (unpaired) electrons. The molecule has 8 aliphatic carbocycles. The molecule has 2 spiro atoms. The van der Waals surface area contributed by atoms with Crippen LogP contribution in [0, 0.1) is 80.8 Å². The van der Waals surface area contributed by atoms with Crippen LogP contribution in [0.3, 0.4) is 0 Å². The second kappa shape index (κ2) is 13.0. The maximum atomic E-state index is 12.9. The molecule has 65 heavy (non-hydrogen) atoms. The first-order valence-corrected chi connectivity index (χ1v) is 26.2. The zero-order valence-corrected chi connectivity index (χ0v) is 40.6. The predicted octanol–water partition coefficient (Wildman–Crippen LogP) is 6.40. The van der Waals surface area contributed by atoms with Crippen LogP contribution in [0.2, 0.25) is 0 Å². The lowest BCUT2D eigenvalue weighted by molar-refractivity contribution is -0.289. The molecule has 11 nitrogen and oxygen atoms in total. The summed E-state index contributed by atoms with van der Waals surface area (Å²) in [4.78, 5) is 11.2. The molecule has 5 saturated carbocycles. The van der Waals surface area contributed by atoms with E-state index in [0.29, 0.717) is 55.3 Å². The Hall–Kier alpha value is -1.54. The topological polar surface area (TPSA) is 164 Å². The van der Waals surface area contributed by atoms with Gasteiger partial charge in [-0.15, -0.1) is 0 Å². The Balaban J connectivity index is 0.767. The van der Waals surface area contributed by atoms with Crippen LogP contribution >= 0.6 is 0 Å². The zero-order valence-electron chi connectivity index (χ0n) is 40.6. The van der Waals surface area contributed by atoms with Gasteiger partial charge in [-0.05, 0) is 144 Å². The van der Waals surface area contributed by atoms with E-state index in [0.717, 1.165) is 74.0 Å². The van der Waals surface area contributed by atoms with Gasteiger partial charge in [0.05, 0.1) is 65.0 Å². The predicted molar refractivity (Wildman–Crippen MR) is 240 cm³/mol. The summed E-state index contributed by atoms with van der Waals surface area (Å²) in [5, 5.41) is 60.9. The van der Waals surface area contributed by atoms with Gasteiger partial charge in [0.1, 0.15) is 11.7 Å². The molecule has 0 bridgehead atoms. The molecular formula is C54H78N2O9. The minimum Gasteiger partial charge on any atom is -0.393 e. The smallest absolute Gasteiger partial charge is 0.174 e. The number of nitrogens with zero attached hydrogens (tertiary/aromatic N) is 2. The maximum absolute atomic E-state index is 12.9. The summed E-state index contributed by atoms with van der Waals surface area (Å²) in [5.41, 5.74) is 1.52. The van der Waals surface area contributed by atoms with Crippen LogP contribution in [-0.2, 0) is 44.6 Å². The summed E-state index contributed by atoms with van der Waals surface area (Å²) in [6, 6.07) is 0. The van der Waals surface area contributed by atoms with E-state index in [1.807, 2.05) is 19.9 Å². The number of aliphatic hydroxyl groups is 5. The van der Waals surface area contributed by atoms with Crippen molar-refractivity contribution in [1.29, 1.82) is 0 Å². The van der Waals surface area contributed by atoms with Crippen molar-refractivity contribution >= 4 is 0 Å². The van der Waals surface area contributed by atoms with Gasteiger partial charge in [0.15, 0.2) is 11.6 Å². The quantitative estimate of drug-likeness (QED) is 0.183. The van der Waals surface area contributed by atoms with Gasteiger partial charge >= 0.3 is 0 Å². The van der Waals surface area contributed by atoms with E-state index in [9.17, 15) is 25.5 Å². The van der Waals surface area contributed by atoms with Crippen LogP contribution in [-0.4, -0.2) is 101 Å². The molecule has 4 saturated heterocycles. The molecule has 0 amide bonds. The number of aromatic nitrogens is 2. The molecule has 12 aliphatic rings. The highest BCUT2D eigenvalue weighted by atomic mass is 16.7. The number of aliphatic hydroxyl groups excluding tert-OH is 3. The fourth-order valence-electron chi connectivity index (χ4n) is 19.9. The van der Waals surface area contributed by atoms with E-state index in [1.165, 1.54) is 18.5 Å². The molecule has 358 valence electrons. The highest BCUT2D eigenvalue weighted by Crippen LogP contribution is 2.73. The maximum Gasteiger partial charge on any atom is 0.174 e. The Morgan fingerprint density at radius 1 is 0.677 bits per heavy atom. The minimum absolute atomic E-state index is 0.00200. The Kier molecular flexibility index (Phi) is 8.73. The van der Waals surface area contributed by atoms with Gasteiger partial charge in [0.2, 0.25) is 0 Å². The lowest BCUT2D eigenvalue weighted by atomic mass is 9.43. The lowest BCUT2D eigenvalue weighted by Crippen LogP contribution is -2.66. The van der Waals surface area contributed by atoms with E-state index in [2.05, 4.69) is 41.5 Å². The van der Waals surface area contributed by atoms with Crippen molar-refractivity contribution in [3.63, 3.8) is 0 Å². The van der Waals surface area contributed by atoms with Gasteiger partial charge in [0.25, 0.3) is 0 Å². The van der Waals surface area contributed by atoms with E-state index >= 15 is 0 Å². The minimum atomic E-state index is -1.42. The fourth-order valence-corrected chi connectivity index (χ4v) is 19.9. The van der Waals surface area contributed by atoms with E-state index in [4.69, 9.17) is 28.9 Å². The van der Waals surface area contributed by atoms with Crippen molar-refractivity contribution in [3.8, 4) is 0 Å². The average molecular weight is 899 g/mol. The third-order valence-corrected chi connectivity index (χ3v) is 23.7. The second-order valence-corrected chi connectivity index (χ2v) is 26.8. The number of rotatable bonds is 0. The number of hydrogen-bond acceptors (Lipinski definition) is 11. The molecule has 9 fully saturated rings. The first-order valence-electron chi connectivity index (χ1n) is 26.2. The largest absolute Gasteiger partial charge is 0.393 e. The molecule has 4 aliphatic heterocycles. The van der Waals surface area contributed by atoms with E-state index < -0.39 is 52.4 Å². The van der Waals surface area contributed by atoms with Crippen molar-refractivity contribution < 1.29 is 44.5 Å². The highest BCUT2D eigenvalue weighted by molar-refractivity contribution is 5.43. The summed E-state index contributed by atoms with van der Waals surface area (Å²) in [6.07, 6.45) is 11.3. The van der Waals surface area contributed by atoms with Crippen LogP contribution in [0.25, 0.3) is 0 Å². The van der Waals surface area contributed by atoms with Crippen LogP contribution in [0.1, 0.15) is 149 Å². The fraction of sp³-hybridized carbons (Fsp3) is 0.889. The van der Waals surface area contributed by atoms with Crippen molar-refractivity contribution in [2.24, 2.45) is 80.8 Å². The summed E-state index contributed by atoms with van der Waals surface area (Å²) < 4.78 is 26.8. The van der Waals surface area contributed by atoms with Crippen molar-refractivity contribution in [2.45, 2.75) is 211 Å². The Bertz CT molecular complexity index is 2240. The number of hydrogen-bond donors (Lipinski definition) is 5. The van der Waals surface area contributed by atoms with Crippen LogP contribution in [0.15, 0.2) is 11.6 Å². The second-order valence-electron chi connectivity index (χ2n) is 26.8. The van der Waals surface area contributed by atoms with Crippen molar-refractivity contribution in [1.82, 2.24) is 9.97 Å². The van der Waals surface area contributed by atoms with Gasteiger partial charge in [-0.2, -0.15) is 0 Å². The Morgan fingerprint density at radius 2 is 1.34 bits per heavy atom. The molecule has 0 unspecified atom stereocenters. The summed E-state index contributed by atoms with van der Waals surface area (Å²) >= 11 is 0. The molecule has 1 aromatic rings. The lowest BCUT2D eigenvalue weighted by Gasteiger charge is -2.62. The van der Waals surface area contributed by atoms with Gasteiger partial charge in [-0.1, -0.05) is 53.2 Å². The first-order chi connectivity index (χ1) is 30.4.